The highest BCUT2D eigenvalue weighted by Crippen LogP contribution is 2.35. The van der Waals surface area contributed by atoms with Crippen molar-refractivity contribution < 1.29 is 44.0 Å². The van der Waals surface area contributed by atoms with Gasteiger partial charge in [-0.15, -0.1) is 0 Å². The summed E-state index contributed by atoms with van der Waals surface area (Å²) >= 11 is 1.53. The second-order valence-corrected chi connectivity index (χ2v) is 11.7. The van der Waals surface area contributed by atoms with E-state index in [9.17, 15) is 34.5 Å². The molecule has 0 aliphatic carbocycles. The van der Waals surface area contributed by atoms with Crippen molar-refractivity contribution in [3.8, 4) is 11.1 Å². The van der Waals surface area contributed by atoms with Gasteiger partial charge in [0.05, 0.1) is 31.0 Å². The molecule has 1 unspecified atom stereocenters. The predicted molar refractivity (Wildman–Crippen MR) is 161 cm³/mol. The molecule has 0 bridgehead atoms. The quantitative estimate of drug-likeness (QED) is 0.139. The van der Waals surface area contributed by atoms with E-state index in [-0.39, 0.29) is 13.2 Å². The molecule has 0 spiro atoms. The second kappa shape index (κ2) is 16.5. The smallest absolute Gasteiger partial charge is 0.364 e. The van der Waals surface area contributed by atoms with Crippen LogP contribution in [0.4, 0.5) is 0 Å². The van der Waals surface area contributed by atoms with Gasteiger partial charge in [0.25, 0.3) is 11.7 Å². The highest BCUT2D eigenvalue weighted by molar-refractivity contribution is 7.99. The first-order chi connectivity index (χ1) is 20.6. The lowest BCUT2D eigenvalue weighted by Gasteiger charge is -2.47. The molecule has 234 valence electrons. The van der Waals surface area contributed by atoms with E-state index in [0.29, 0.717) is 29.9 Å². The second-order valence-electron chi connectivity index (χ2n) is 10.5. The summed E-state index contributed by atoms with van der Waals surface area (Å²) in [7, 11) is 0. The van der Waals surface area contributed by atoms with Gasteiger partial charge >= 0.3 is 5.97 Å². The fourth-order valence-electron chi connectivity index (χ4n) is 4.88. The third-order valence-electron chi connectivity index (χ3n) is 7.27. The molecule has 5 N–H and O–H groups in total. The Bertz CT molecular complexity index is 1210. The van der Waals surface area contributed by atoms with Crippen LogP contribution in [0.2, 0.25) is 0 Å². The number of aliphatic hydroxyl groups excluding tert-OH is 2. The van der Waals surface area contributed by atoms with Gasteiger partial charge in [-0.25, -0.2) is 4.79 Å². The number of rotatable bonds is 16. The number of carboxylic acid groups (broad SMARTS) is 1. The van der Waals surface area contributed by atoms with Crippen LogP contribution in [0.3, 0.4) is 0 Å². The number of amides is 2. The Labute approximate surface area is 255 Å². The van der Waals surface area contributed by atoms with Crippen LogP contribution in [0.5, 0.6) is 0 Å². The monoisotopic (exact) mass is 616 g/mol. The van der Waals surface area contributed by atoms with Crippen molar-refractivity contribution in [2.45, 2.75) is 63.3 Å². The van der Waals surface area contributed by atoms with Crippen LogP contribution in [0, 0.1) is 5.92 Å². The van der Waals surface area contributed by atoms with E-state index >= 15 is 0 Å². The number of nitrogens with one attached hydrogen (secondary N) is 2. The molecule has 0 radical (unpaired) electrons. The first-order valence-corrected chi connectivity index (χ1v) is 15.4. The Morgan fingerprint density at radius 1 is 1.12 bits per heavy atom. The molecule has 43 heavy (non-hydrogen) atoms. The highest BCUT2D eigenvalue weighted by atomic mass is 32.2. The van der Waals surface area contributed by atoms with Crippen molar-refractivity contribution in [2.75, 3.05) is 24.7 Å². The molecule has 1 aliphatic rings. The third kappa shape index (κ3) is 9.60. The third-order valence-corrected chi connectivity index (χ3v) is 8.37. The minimum Gasteiger partial charge on any atom is -0.477 e. The molecule has 2 aromatic carbocycles. The van der Waals surface area contributed by atoms with Gasteiger partial charge in [0.1, 0.15) is 6.29 Å². The normalized spacial score (nSPS) is 23.1. The number of ether oxygens (including phenoxy) is 2. The van der Waals surface area contributed by atoms with E-state index in [1.807, 2.05) is 42.5 Å². The number of thioether (sulfide) groups is 1. The average Bonchev–Trinajstić information content (AvgIpc) is 3.00. The van der Waals surface area contributed by atoms with Crippen LogP contribution in [-0.4, -0.2) is 94.2 Å². The standard InChI is InChI=1S/C31H40N2O9S/c1-20(26(37)19-32-29(38)24-12-10-23(11-13-24)22-8-4-3-5-9-22)28-27(33-21(2)35)25(36)18-31(42-28,30(39)40)41-15-7-17-43-16-6-14-34/h3-5,8-14,20,25-28,36-37H,6-7,15-19H2,1-2H3,(H,32,38)(H,33,35)(H,39,40)/t20-,25+,26-,27?,28+,31-/m1/s1. The van der Waals surface area contributed by atoms with Crippen LogP contribution in [0.25, 0.3) is 11.1 Å². The molecule has 2 aromatic rings. The van der Waals surface area contributed by atoms with Gasteiger partial charge in [0.2, 0.25) is 5.91 Å². The van der Waals surface area contributed by atoms with Crippen LogP contribution in [-0.2, 0) is 23.9 Å². The van der Waals surface area contributed by atoms with Gasteiger partial charge in [-0.05, 0) is 41.2 Å². The minimum absolute atomic E-state index is 0.0146. The molecule has 0 aromatic heterocycles. The summed E-state index contributed by atoms with van der Waals surface area (Å²) < 4.78 is 11.7. The first-order valence-electron chi connectivity index (χ1n) is 14.2. The molecule has 1 fully saturated rings. The zero-order chi connectivity index (χ0) is 31.4. The summed E-state index contributed by atoms with van der Waals surface area (Å²) in [6.45, 7) is 2.66. The zero-order valence-electron chi connectivity index (χ0n) is 24.3. The maximum Gasteiger partial charge on any atom is 0.364 e. The Kier molecular flexibility index (Phi) is 13.1. The van der Waals surface area contributed by atoms with E-state index in [1.165, 1.54) is 18.7 Å². The molecule has 1 heterocycles. The van der Waals surface area contributed by atoms with Gasteiger partial charge in [-0.3, -0.25) is 9.59 Å². The molecule has 12 heteroatoms. The fraction of sp³-hybridized carbons (Fsp3) is 0.484. The summed E-state index contributed by atoms with van der Waals surface area (Å²) in [6, 6.07) is 15.7. The van der Waals surface area contributed by atoms with Gasteiger partial charge < -0.3 is 40.2 Å². The Balaban J connectivity index is 1.66. The zero-order valence-corrected chi connectivity index (χ0v) is 25.1. The molecular formula is C31H40N2O9S. The number of aliphatic carboxylic acids is 1. The lowest BCUT2D eigenvalue weighted by atomic mass is 9.84. The summed E-state index contributed by atoms with van der Waals surface area (Å²) in [5.74, 6) is -4.09. The number of carbonyl (C=O) groups excluding carboxylic acids is 3. The predicted octanol–water partition coefficient (Wildman–Crippen LogP) is 2.24. The van der Waals surface area contributed by atoms with E-state index in [4.69, 9.17) is 9.47 Å². The van der Waals surface area contributed by atoms with Crippen LogP contribution < -0.4 is 10.6 Å². The number of hydrogen-bond acceptors (Lipinski definition) is 9. The van der Waals surface area contributed by atoms with E-state index < -0.39 is 60.3 Å². The summed E-state index contributed by atoms with van der Waals surface area (Å²) in [6.07, 6.45) is -2.45. The Morgan fingerprint density at radius 3 is 2.42 bits per heavy atom. The summed E-state index contributed by atoms with van der Waals surface area (Å²) in [5, 5.41) is 37.3. The molecule has 3 rings (SSSR count). The van der Waals surface area contributed by atoms with E-state index in [2.05, 4.69) is 10.6 Å². The van der Waals surface area contributed by atoms with Crippen LogP contribution in [0.15, 0.2) is 54.6 Å². The van der Waals surface area contributed by atoms with Crippen molar-refractivity contribution in [3.63, 3.8) is 0 Å². The van der Waals surface area contributed by atoms with Crippen LogP contribution >= 0.6 is 11.8 Å². The molecule has 6 atom stereocenters. The number of carbonyl (C=O) groups is 4. The maximum atomic E-state index is 12.8. The van der Waals surface area contributed by atoms with Gasteiger partial charge in [0.15, 0.2) is 0 Å². The number of carboxylic acids is 1. The molecular weight excluding hydrogens is 576 g/mol. The SMILES string of the molecule is CC(=O)NC1[C@H]([C@H](C)[C@H](O)CNC(=O)c2ccc(-c3ccccc3)cc2)O[C@@](OCCCSCCC=O)(C(=O)O)C[C@@H]1O. The van der Waals surface area contributed by atoms with E-state index in [0.717, 1.165) is 17.4 Å². The molecule has 1 saturated heterocycles. The Morgan fingerprint density at radius 2 is 1.79 bits per heavy atom. The number of aliphatic hydroxyl groups is 2. The Hall–Kier alpha value is -3.29. The van der Waals surface area contributed by atoms with Crippen LogP contribution in [0.1, 0.15) is 43.5 Å². The van der Waals surface area contributed by atoms with Crippen molar-refractivity contribution in [2.24, 2.45) is 5.92 Å². The first kappa shape index (κ1) is 34.2. The van der Waals surface area contributed by atoms with Crippen molar-refractivity contribution in [1.29, 1.82) is 0 Å². The summed E-state index contributed by atoms with van der Waals surface area (Å²) in [5.41, 5.74) is 2.35. The van der Waals surface area contributed by atoms with Crippen molar-refractivity contribution >= 4 is 35.8 Å². The van der Waals surface area contributed by atoms with Gasteiger partial charge in [-0.1, -0.05) is 49.4 Å². The summed E-state index contributed by atoms with van der Waals surface area (Å²) in [4.78, 5) is 47.6. The lowest BCUT2D eigenvalue weighted by Crippen LogP contribution is -2.66. The van der Waals surface area contributed by atoms with Crippen molar-refractivity contribution in [1.82, 2.24) is 10.6 Å². The molecule has 0 saturated carbocycles. The number of aldehydes is 1. The van der Waals surface area contributed by atoms with E-state index in [1.54, 1.807) is 19.1 Å². The number of benzene rings is 2. The largest absolute Gasteiger partial charge is 0.477 e. The molecule has 1 aliphatic heterocycles. The fourth-order valence-corrected chi connectivity index (χ4v) is 5.67. The van der Waals surface area contributed by atoms with Gasteiger partial charge in [-0.2, -0.15) is 11.8 Å². The van der Waals surface area contributed by atoms with Crippen molar-refractivity contribution in [3.05, 3.63) is 60.2 Å². The lowest BCUT2D eigenvalue weighted by molar-refractivity contribution is -0.304. The maximum absolute atomic E-state index is 12.8. The highest BCUT2D eigenvalue weighted by Gasteiger charge is 2.55. The molecule has 2 amide bonds. The molecule has 11 nitrogen and oxygen atoms in total. The minimum atomic E-state index is -2.20. The number of hydrogen-bond donors (Lipinski definition) is 5. The average molecular weight is 617 g/mol. The topological polar surface area (TPSA) is 171 Å². The van der Waals surface area contributed by atoms with Gasteiger partial charge in [0, 0.05) is 37.8 Å².